The second-order valence-electron chi connectivity index (χ2n) is 3.95. The first kappa shape index (κ1) is 11.5. The Hall–Kier alpha value is -2.03. The fourth-order valence-electron chi connectivity index (χ4n) is 1.56. The molecule has 3 heteroatoms. The first-order valence-corrected chi connectivity index (χ1v) is 5.38. The van der Waals surface area contributed by atoms with Gasteiger partial charge in [-0.15, -0.1) is 0 Å². The van der Waals surface area contributed by atoms with Crippen LogP contribution in [0.15, 0.2) is 42.5 Å². The van der Waals surface area contributed by atoms with Gasteiger partial charge in [0.05, 0.1) is 0 Å². The van der Waals surface area contributed by atoms with Crippen LogP contribution in [0.2, 0.25) is 0 Å². The van der Waals surface area contributed by atoms with E-state index in [0.29, 0.717) is 12.3 Å². The lowest BCUT2D eigenvalue weighted by Crippen LogP contribution is -2.00. The summed E-state index contributed by atoms with van der Waals surface area (Å²) < 4.78 is 18.4. The lowest BCUT2D eigenvalue weighted by atomic mass is 10.2. The molecule has 0 aliphatic rings. The number of nitrogens with two attached hydrogens (primary N) is 1. The molecule has 88 valence electrons. The average Bonchev–Trinajstić information content (AvgIpc) is 2.28. The van der Waals surface area contributed by atoms with E-state index in [-0.39, 0.29) is 5.82 Å². The molecule has 2 rings (SSSR count). The van der Waals surface area contributed by atoms with Crippen molar-refractivity contribution in [1.82, 2.24) is 0 Å². The first-order valence-electron chi connectivity index (χ1n) is 5.38. The summed E-state index contributed by atoms with van der Waals surface area (Å²) in [4.78, 5) is 0. The third-order valence-electron chi connectivity index (χ3n) is 2.49. The fourth-order valence-corrected chi connectivity index (χ4v) is 1.56. The van der Waals surface area contributed by atoms with Crippen molar-refractivity contribution in [2.45, 2.75) is 13.5 Å². The number of hydrogen-bond acceptors (Lipinski definition) is 2. The van der Waals surface area contributed by atoms with Gasteiger partial charge in [-0.2, -0.15) is 0 Å². The second kappa shape index (κ2) is 4.87. The van der Waals surface area contributed by atoms with Gasteiger partial charge in [-0.05, 0) is 36.8 Å². The van der Waals surface area contributed by atoms with Gasteiger partial charge in [0.15, 0.2) is 0 Å². The summed E-state index contributed by atoms with van der Waals surface area (Å²) in [7, 11) is 0. The average molecular weight is 231 g/mol. The van der Waals surface area contributed by atoms with Crippen molar-refractivity contribution in [3.8, 4) is 5.75 Å². The van der Waals surface area contributed by atoms with Crippen LogP contribution in [0.5, 0.6) is 5.75 Å². The minimum atomic E-state index is -0.332. The van der Waals surface area contributed by atoms with Crippen LogP contribution in [0.3, 0.4) is 0 Å². The topological polar surface area (TPSA) is 35.2 Å². The van der Waals surface area contributed by atoms with Crippen LogP contribution in [0.1, 0.15) is 11.1 Å². The highest BCUT2D eigenvalue weighted by Gasteiger charge is 2.02. The Morgan fingerprint density at radius 3 is 2.71 bits per heavy atom. The zero-order valence-corrected chi connectivity index (χ0v) is 9.61. The summed E-state index contributed by atoms with van der Waals surface area (Å²) in [5.74, 6) is 0.454. The Morgan fingerprint density at radius 1 is 1.18 bits per heavy atom. The quantitative estimate of drug-likeness (QED) is 0.822. The van der Waals surface area contributed by atoms with Crippen molar-refractivity contribution in [2.75, 3.05) is 5.73 Å². The highest BCUT2D eigenvalue weighted by molar-refractivity contribution is 5.46. The van der Waals surface area contributed by atoms with E-state index in [9.17, 15) is 4.39 Å². The number of hydrogen-bond donors (Lipinski definition) is 1. The molecule has 0 aliphatic heterocycles. The number of rotatable bonds is 3. The maximum Gasteiger partial charge on any atom is 0.125 e. The molecule has 0 atom stereocenters. The van der Waals surface area contributed by atoms with Crippen molar-refractivity contribution in [3.63, 3.8) is 0 Å². The molecular formula is C14H14FNO. The maximum absolute atomic E-state index is 12.8. The number of benzene rings is 2. The van der Waals surface area contributed by atoms with Crippen molar-refractivity contribution in [1.29, 1.82) is 0 Å². The minimum Gasteiger partial charge on any atom is -0.489 e. The summed E-state index contributed by atoms with van der Waals surface area (Å²) in [6.45, 7) is 2.34. The van der Waals surface area contributed by atoms with Gasteiger partial charge in [-0.3, -0.25) is 0 Å². The standard InChI is InChI=1S/C14H14FNO/c1-10-3-2-4-13(7-10)17-9-11-5-6-12(15)8-14(11)16/h2-8H,9,16H2,1H3. The molecule has 2 aromatic rings. The van der Waals surface area contributed by atoms with Gasteiger partial charge in [0.25, 0.3) is 0 Å². The minimum absolute atomic E-state index is 0.332. The van der Waals surface area contributed by atoms with Crippen molar-refractivity contribution in [3.05, 3.63) is 59.4 Å². The van der Waals surface area contributed by atoms with Crippen LogP contribution in [-0.2, 0) is 6.61 Å². The van der Waals surface area contributed by atoms with Gasteiger partial charge in [0, 0.05) is 11.3 Å². The summed E-state index contributed by atoms with van der Waals surface area (Å²) >= 11 is 0. The molecule has 2 nitrogen and oxygen atoms in total. The van der Waals surface area contributed by atoms with Gasteiger partial charge in [-0.1, -0.05) is 18.2 Å². The monoisotopic (exact) mass is 231 g/mol. The molecule has 0 amide bonds. The maximum atomic E-state index is 12.8. The van der Waals surface area contributed by atoms with Crippen LogP contribution in [0, 0.1) is 12.7 Å². The molecule has 2 aromatic carbocycles. The van der Waals surface area contributed by atoms with Gasteiger partial charge in [0.1, 0.15) is 18.2 Å². The van der Waals surface area contributed by atoms with Crippen molar-refractivity contribution >= 4 is 5.69 Å². The zero-order chi connectivity index (χ0) is 12.3. The first-order chi connectivity index (χ1) is 8.15. The van der Waals surface area contributed by atoms with Gasteiger partial charge in [-0.25, -0.2) is 4.39 Å². The number of anilines is 1. The molecule has 0 spiro atoms. The van der Waals surface area contributed by atoms with Crippen LogP contribution >= 0.6 is 0 Å². The Morgan fingerprint density at radius 2 is 2.00 bits per heavy atom. The smallest absolute Gasteiger partial charge is 0.125 e. The summed E-state index contributed by atoms with van der Waals surface area (Å²) in [6, 6.07) is 12.1. The predicted molar refractivity (Wildman–Crippen MR) is 66.3 cm³/mol. The molecule has 0 heterocycles. The Labute approximate surface area is 99.8 Å². The summed E-state index contributed by atoms with van der Waals surface area (Å²) in [6.07, 6.45) is 0. The van der Waals surface area contributed by atoms with E-state index in [1.54, 1.807) is 6.07 Å². The van der Waals surface area contributed by atoms with Gasteiger partial charge >= 0.3 is 0 Å². The number of halogens is 1. The van der Waals surface area contributed by atoms with E-state index in [4.69, 9.17) is 10.5 Å². The summed E-state index contributed by atoms with van der Waals surface area (Å²) in [5.41, 5.74) is 8.03. The van der Waals surface area contributed by atoms with E-state index in [0.717, 1.165) is 16.9 Å². The van der Waals surface area contributed by atoms with Gasteiger partial charge < -0.3 is 10.5 Å². The molecule has 0 bridgehead atoms. The molecule has 0 radical (unpaired) electrons. The zero-order valence-electron chi connectivity index (χ0n) is 9.61. The van der Waals surface area contributed by atoms with Crippen LogP contribution in [0.25, 0.3) is 0 Å². The largest absolute Gasteiger partial charge is 0.489 e. The Bertz CT molecular complexity index is 525. The van der Waals surface area contributed by atoms with Crippen molar-refractivity contribution in [2.24, 2.45) is 0 Å². The molecule has 17 heavy (non-hydrogen) atoms. The third-order valence-corrected chi connectivity index (χ3v) is 2.49. The molecular weight excluding hydrogens is 217 g/mol. The molecule has 0 aromatic heterocycles. The van der Waals surface area contributed by atoms with E-state index < -0.39 is 0 Å². The molecule has 0 saturated carbocycles. The normalized spacial score (nSPS) is 10.2. The lowest BCUT2D eigenvalue weighted by Gasteiger charge is -2.09. The van der Waals surface area contributed by atoms with E-state index in [2.05, 4.69) is 0 Å². The van der Waals surface area contributed by atoms with Crippen LogP contribution < -0.4 is 10.5 Å². The number of aryl methyl sites for hydroxylation is 1. The highest BCUT2D eigenvalue weighted by Crippen LogP contribution is 2.18. The highest BCUT2D eigenvalue weighted by atomic mass is 19.1. The molecule has 0 saturated heterocycles. The third kappa shape index (κ3) is 2.97. The second-order valence-corrected chi connectivity index (χ2v) is 3.95. The fraction of sp³-hybridized carbons (Fsp3) is 0.143. The number of ether oxygens (including phenoxy) is 1. The molecule has 0 fully saturated rings. The Kier molecular flexibility index (Phi) is 3.28. The molecule has 0 aliphatic carbocycles. The Balaban J connectivity index is 2.07. The predicted octanol–water partition coefficient (Wildman–Crippen LogP) is 3.30. The lowest BCUT2D eigenvalue weighted by molar-refractivity contribution is 0.306. The van der Waals surface area contributed by atoms with Gasteiger partial charge in [0.2, 0.25) is 0 Å². The van der Waals surface area contributed by atoms with Crippen molar-refractivity contribution < 1.29 is 9.13 Å². The summed E-state index contributed by atoms with van der Waals surface area (Å²) in [5, 5.41) is 0. The van der Waals surface area contributed by atoms with E-state index in [1.807, 2.05) is 31.2 Å². The molecule has 2 N–H and O–H groups in total. The van der Waals surface area contributed by atoms with Crippen LogP contribution in [-0.4, -0.2) is 0 Å². The number of nitrogen functional groups attached to an aromatic ring is 1. The molecule has 0 unspecified atom stereocenters. The van der Waals surface area contributed by atoms with E-state index >= 15 is 0 Å². The van der Waals surface area contributed by atoms with E-state index in [1.165, 1.54) is 12.1 Å². The van der Waals surface area contributed by atoms with Crippen LogP contribution in [0.4, 0.5) is 10.1 Å². The SMILES string of the molecule is Cc1cccc(OCc2ccc(F)cc2N)c1.